The summed E-state index contributed by atoms with van der Waals surface area (Å²) in [5, 5.41) is 12.0. The summed E-state index contributed by atoms with van der Waals surface area (Å²) >= 11 is 5.08. The topological polar surface area (TPSA) is 48.7 Å². The van der Waals surface area contributed by atoms with E-state index in [4.69, 9.17) is 17.4 Å². The SMILES string of the molecule is CN(C)C(=S)/C(=N\O)c1ccccn1. The average molecular weight is 209 g/mol. The second-order valence-electron chi connectivity index (χ2n) is 2.86. The highest BCUT2D eigenvalue weighted by molar-refractivity contribution is 7.82. The number of likely N-dealkylation sites (N-methyl/N-ethyl adjacent to an activating group) is 1. The third-order valence-corrected chi connectivity index (χ3v) is 2.17. The van der Waals surface area contributed by atoms with Gasteiger partial charge in [-0.25, -0.2) is 0 Å². The largest absolute Gasteiger partial charge is 0.410 e. The van der Waals surface area contributed by atoms with Gasteiger partial charge in [-0.2, -0.15) is 0 Å². The molecule has 1 N–H and O–H groups in total. The van der Waals surface area contributed by atoms with E-state index in [1.54, 1.807) is 37.3 Å². The molecule has 1 aromatic heterocycles. The Balaban J connectivity index is 3.01. The first-order chi connectivity index (χ1) is 6.66. The predicted octanol–water partition coefficient (Wildman–Crippen LogP) is 1.15. The Kier molecular flexibility index (Phi) is 3.53. The molecule has 0 unspecified atom stereocenters. The average Bonchev–Trinajstić information content (AvgIpc) is 2.20. The van der Waals surface area contributed by atoms with E-state index in [1.807, 2.05) is 6.07 Å². The van der Waals surface area contributed by atoms with Crippen molar-refractivity contribution in [3.05, 3.63) is 30.1 Å². The van der Waals surface area contributed by atoms with Gasteiger partial charge in [0.2, 0.25) is 0 Å². The zero-order chi connectivity index (χ0) is 10.6. The summed E-state index contributed by atoms with van der Waals surface area (Å²) in [6.07, 6.45) is 1.62. The molecule has 1 heterocycles. The van der Waals surface area contributed by atoms with E-state index >= 15 is 0 Å². The van der Waals surface area contributed by atoms with Gasteiger partial charge < -0.3 is 10.1 Å². The van der Waals surface area contributed by atoms with E-state index in [2.05, 4.69) is 10.1 Å². The van der Waals surface area contributed by atoms with E-state index < -0.39 is 0 Å². The lowest BCUT2D eigenvalue weighted by molar-refractivity contribution is 0.320. The van der Waals surface area contributed by atoms with Crippen molar-refractivity contribution < 1.29 is 5.21 Å². The minimum Gasteiger partial charge on any atom is -0.410 e. The number of pyridine rings is 1. The molecule has 0 saturated carbocycles. The molecule has 0 aromatic carbocycles. The molecule has 1 rings (SSSR count). The summed E-state index contributed by atoms with van der Waals surface area (Å²) < 4.78 is 0. The fourth-order valence-corrected chi connectivity index (χ4v) is 1.06. The second kappa shape index (κ2) is 4.66. The van der Waals surface area contributed by atoms with E-state index in [0.29, 0.717) is 16.4 Å². The number of hydrogen-bond donors (Lipinski definition) is 1. The van der Waals surface area contributed by atoms with Crippen molar-refractivity contribution in [2.24, 2.45) is 5.16 Å². The van der Waals surface area contributed by atoms with E-state index in [9.17, 15) is 0 Å². The summed E-state index contributed by atoms with van der Waals surface area (Å²) in [6.45, 7) is 0. The number of oxime groups is 1. The Morgan fingerprint density at radius 1 is 1.50 bits per heavy atom. The van der Waals surface area contributed by atoms with Crippen molar-refractivity contribution in [3.8, 4) is 0 Å². The molecule has 14 heavy (non-hydrogen) atoms. The number of hydrogen-bond acceptors (Lipinski definition) is 4. The van der Waals surface area contributed by atoms with Gasteiger partial charge in [0.15, 0.2) is 5.71 Å². The zero-order valence-electron chi connectivity index (χ0n) is 8.01. The monoisotopic (exact) mass is 209 g/mol. The van der Waals surface area contributed by atoms with Crippen LogP contribution in [0.2, 0.25) is 0 Å². The Labute approximate surface area is 87.9 Å². The Morgan fingerprint density at radius 2 is 2.21 bits per heavy atom. The molecule has 0 bridgehead atoms. The van der Waals surface area contributed by atoms with E-state index in [1.165, 1.54) is 0 Å². The fourth-order valence-electron chi connectivity index (χ4n) is 0.918. The molecule has 0 atom stereocenters. The smallest absolute Gasteiger partial charge is 0.162 e. The maximum absolute atomic E-state index is 8.83. The maximum atomic E-state index is 8.83. The second-order valence-corrected chi connectivity index (χ2v) is 3.25. The van der Waals surface area contributed by atoms with Crippen molar-refractivity contribution in [2.75, 3.05) is 14.1 Å². The number of nitrogens with zero attached hydrogens (tertiary/aromatic N) is 3. The van der Waals surface area contributed by atoms with E-state index in [0.717, 1.165) is 0 Å². The molecule has 0 aliphatic heterocycles. The summed E-state index contributed by atoms with van der Waals surface area (Å²) in [7, 11) is 3.58. The van der Waals surface area contributed by atoms with Crippen molar-refractivity contribution in [1.82, 2.24) is 9.88 Å². The van der Waals surface area contributed by atoms with Crippen molar-refractivity contribution in [2.45, 2.75) is 0 Å². The van der Waals surface area contributed by atoms with Crippen molar-refractivity contribution in [1.29, 1.82) is 0 Å². The Morgan fingerprint density at radius 3 is 2.64 bits per heavy atom. The Hall–Kier alpha value is -1.49. The van der Waals surface area contributed by atoms with Gasteiger partial charge in [-0.05, 0) is 12.1 Å². The van der Waals surface area contributed by atoms with Crippen LogP contribution in [-0.4, -0.2) is 39.9 Å². The summed E-state index contributed by atoms with van der Waals surface area (Å²) in [5.74, 6) is 0. The van der Waals surface area contributed by atoms with Crippen LogP contribution in [0.5, 0.6) is 0 Å². The van der Waals surface area contributed by atoms with Crippen LogP contribution in [0, 0.1) is 0 Å². The highest BCUT2D eigenvalue weighted by atomic mass is 32.1. The van der Waals surface area contributed by atoms with Gasteiger partial charge >= 0.3 is 0 Å². The zero-order valence-corrected chi connectivity index (χ0v) is 8.82. The maximum Gasteiger partial charge on any atom is 0.162 e. The molecule has 0 aliphatic carbocycles. The number of thiocarbonyl (C=S) groups is 1. The quantitative estimate of drug-likeness (QED) is 0.343. The van der Waals surface area contributed by atoms with Gasteiger partial charge in [0, 0.05) is 20.3 Å². The first kappa shape index (κ1) is 10.6. The van der Waals surface area contributed by atoms with Crippen LogP contribution < -0.4 is 0 Å². The van der Waals surface area contributed by atoms with Gasteiger partial charge in [-0.3, -0.25) is 4.98 Å². The number of aromatic nitrogens is 1. The summed E-state index contributed by atoms with van der Waals surface area (Å²) in [5.41, 5.74) is 0.874. The lowest BCUT2D eigenvalue weighted by Crippen LogP contribution is -2.29. The van der Waals surface area contributed by atoms with Crippen LogP contribution in [0.3, 0.4) is 0 Å². The molecule has 1 aromatic rings. The molecule has 74 valence electrons. The van der Waals surface area contributed by atoms with Gasteiger partial charge in [0.25, 0.3) is 0 Å². The molecule has 0 aliphatic rings. The van der Waals surface area contributed by atoms with Gasteiger partial charge in [-0.1, -0.05) is 23.4 Å². The van der Waals surface area contributed by atoms with Crippen molar-refractivity contribution in [3.63, 3.8) is 0 Å². The van der Waals surface area contributed by atoms with Crippen LogP contribution in [0.4, 0.5) is 0 Å². The molecule has 0 saturated heterocycles. The fraction of sp³-hybridized carbons (Fsp3) is 0.222. The molecule has 5 heteroatoms. The minimum absolute atomic E-state index is 0.311. The van der Waals surface area contributed by atoms with Crippen LogP contribution in [0.25, 0.3) is 0 Å². The standard InChI is InChI=1S/C9H11N3OS/c1-12(2)9(14)8(11-13)7-5-3-4-6-10-7/h3-6,13H,1-2H3/b11-8-. The third kappa shape index (κ3) is 2.26. The van der Waals surface area contributed by atoms with Crippen LogP contribution in [0.1, 0.15) is 5.69 Å². The van der Waals surface area contributed by atoms with Crippen LogP contribution in [-0.2, 0) is 0 Å². The molecule has 0 radical (unpaired) electrons. The lowest BCUT2D eigenvalue weighted by Gasteiger charge is -2.13. The molecular weight excluding hydrogens is 198 g/mol. The lowest BCUT2D eigenvalue weighted by atomic mass is 10.2. The van der Waals surface area contributed by atoms with Gasteiger partial charge in [-0.15, -0.1) is 0 Å². The van der Waals surface area contributed by atoms with Gasteiger partial charge in [0.1, 0.15) is 4.99 Å². The highest BCUT2D eigenvalue weighted by Crippen LogP contribution is 2.00. The molecular formula is C9H11N3OS. The minimum atomic E-state index is 0.311. The summed E-state index contributed by atoms with van der Waals surface area (Å²) in [4.78, 5) is 6.19. The van der Waals surface area contributed by atoms with Crippen LogP contribution in [0.15, 0.2) is 29.6 Å². The number of rotatable bonds is 2. The predicted molar refractivity (Wildman–Crippen MR) is 58.8 cm³/mol. The first-order valence-electron chi connectivity index (χ1n) is 4.02. The molecule has 0 fully saturated rings. The highest BCUT2D eigenvalue weighted by Gasteiger charge is 2.12. The normalized spacial score (nSPS) is 11.1. The van der Waals surface area contributed by atoms with Crippen molar-refractivity contribution >= 4 is 22.9 Å². The first-order valence-corrected chi connectivity index (χ1v) is 4.42. The van der Waals surface area contributed by atoms with Gasteiger partial charge in [0.05, 0.1) is 5.69 Å². The summed E-state index contributed by atoms with van der Waals surface area (Å²) in [6, 6.07) is 5.34. The molecule has 4 nitrogen and oxygen atoms in total. The van der Waals surface area contributed by atoms with Crippen LogP contribution >= 0.6 is 12.2 Å². The van der Waals surface area contributed by atoms with E-state index in [-0.39, 0.29) is 0 Å². The Bertz CT molecular complexity index is 348. The third-order valence-electron chi connectivity index (χ3n) is 1.62. The molecule has 0 spiro atoms. The molecule has 0 amide bonds.